The molecule has 0 saturated carbocycles. The summed E-state index contributed by atoms with van der Waals surface area (Å²) < 4.78 is 5.98. The lowest BCUT2D eigenvalue weighted by Crippen LogP contribution is -2.03. The molecule has 2 aromatic carbocycles. The van der Waals surface area contributed by atoms with E-state index in [0.29, 0.717) is 11.8 Å². The smallest absolute Gasteiger partial charge is 0.129 e. The van der Waals surface area contributed by atoms with Gasteiger partial charge in [-0.25, -0.2) is 0 Å². The molecule has 2 aromatic rings. The monoisotopic (exact) mass is 289 g/mol. The van der Waals surface area contributed by atoms with Crippen LogP contribution in [0.15, 0.2) is 30.3 Å². The number of fused-ring (bicyclic) bond motifs is 3. The van der Waals surface area contributed by atoms with Gasteiger partial charge in [-0.2, -0.15) is 0 Å². The Morgan fingerprint density at radius 1 is 1.30 bits per heavy atom. The van der Waals surface area contributed by atoms with Crippen molar-refractivity contribution in [2.24, 2.45) is 0 Å². The summed E-state index contributed by atoms with van der Waals surface area (Å²) in [5, 5.41) is 5.93. The van der Waals surface area contributed by atoms with E-state index in [2.05, 4.69) is 42.6 Å². The first-order chi connectivity index (χ1) is 9.85. The highest BCUT2D eigenvalue weighted by atomic mass is 35.5. The van der Waals surface area contributed by atoms with Crippen LogP contribution in [-0.2, 0) is 0 Å². The van der Waals surface area contributed by atoms with Crippen LogP contribution in [0.25, 0.3) is 10.8 Å². The van der Waals surface area contributed by atoms with Gasteiger partial charge in [0.2, 0.25) is 0 Å². The molecule has 0 aromatic heterocycles. The second-order valence-electron chi connectivity index (χ2n) is 5.32. The van der Waals surface area contributed by atoms with E-state index in [9.17, 15) is 0 Å². The van der Waals surface area contributed by atoms with Crippen LogP contribution in [0, 0.1) is 0 Å². The molecule has 0 aliphatic carbocycles. The van der Waals surface area contributed by atoms with Crippen LogP contribution in [-0.4, -0.2) is 19.0 Å². The second kappa shape index (κ2) is 5.92. The third kappa shape index (κ3) is 2.33. The fraction of sp³-hybridized carbons (Fsp3) is 0.412. The van der Waals surface area contributed by atoms with Crippen molar-refractivity contribution in [2.45, 2.75) is 25.7 Å². The summed E-state index contributed by atoms with van der Waals surface area (Å²) in [5.74, 6) is 2.02. The zero-order chi connectivity index (χ0) is 13.9. The molecule has 20 heavy (non-hydrogen) atoms. The number of nitrogens with one attached hydrogen (secondary N) is 1. The molecular formula is C17H20ClNO. The van der Waals surface area contributed by atoms with Gasteiger partial charge in [0.25, 0.3) is 0 Å². The molecule has 1 heterocycles. The molecule has 0 radical (unpaired) electrons. The van der Waals surface area contributed by atoms with E-state index in [4.69, 9.17) is 16.3 Å². The number of hydrogen-bond acceptors (Lipinski definition) is 2. The van der Waals surface area contributed by atoms with E-state index in [1.165, 1.54) is 22.0 Å². The molecule has 0 fully saturated rings. The fourth-order valence-electron chi connectivity index (χ4n) is 2.86. The van der Waals surface area contributed by atoms with E-state index >= 15 is 0 Å². The molecule has 0 amide bonds. The summed E-state index contributed by atoms with van der Waals surface area (Å²) in [5.41, 5.74) is 2.53. The average molecular weight is 290 g/mol. The molecular weight excluding hydrogens is 270 g/mol. The zero-order valence-corrected chi connectivity index (χ0v) is 12.5. The number of unbranched alkanes of at least 4 members (excludes halogenated alkanes) is 1. The first-order valence-corrected chi connectivity index (χ1v) is 7.87. The van der Waals surface area contributed by atoms with Crippen LogP contribution in [0.3, 0.4) is 0 Å². The molecule has 0 unspecified atom stereocenters. The molecule has 1 aliphatic rings. The van der Waals surface area contributed by atoms with Crippen LogP contribution in [0.1, 0.15) is 31.2 Å². The highest BCUT2D eigenvalue weighted by molar-refractivity contribution is 6.18. The minimum absolute atomic E-state index is 0.390. The number of hydrogen-bond donors (Lipinski definition) is 1. The predicted octanol–water partition coefficient (Wildman–Crippen LogP) is 4.77. The number of alkyl halides is 1. The summed E-state index contributed by atoms with van der Waals surface area (Å²) in [6.45, 7) is 3.87. The van der Waals surface area contributed by atoms with Crippen molar-refractivity contribution in [1.29, 1.82) is 0 Å². The Kier molecular flexibility index (Phi) is 4.02. The standard InChI is InChI=1S/C17H20ClNO/c1-2-3-8-20-16-9-15-17(12(10-18)11-19-15)14-7-5-4-6-13(14)16/h4-7,9,12,19H,2-3,8,10-11H2,1H3/t12-/m1/s1. The van der Waals surface area contributed by atoms with E-state index in [1.54, 1.807) is 0 Å². The molecule has 3 heteroatoms. The first-order valence-electron chi connectivity index (χ1n) is 7.33. The molecule has 1 atom stereocenters. The summed E-state index contributed by atoms with van der Waals surface area (Å²) in [7, 11) is 0. The van der Waals surface area contributed by atoms with Gasteiger partial charge in [0.05, 0.1) is 6.61 Å². The van der Waals surface area contributed by atoms with Crippen molar-refractivity contribution in [1.82, 2.24) is 0 Å². The Labute approximate surface area is 125 Å². The van der Waals surface area contributed by atoms with Gasteiger partial charge in [0.1, 0.15) is 5.75 Å². The van der Waals surface area contributed by atoms with Gasteiger partial charge in [-0.1, -0.05) is 37.6 Å². The summed E-state index contributed by atoms with van der Waals surface area (Å²) in [4.78, 5) is 0. The van der Waals surface area contributed by atoms with Crippen molar-refractivity contribution < 1.29 is 4.74 Å². The fourth-order valence-corrected chi connectivity index (χ4v) is 3.13. The summed E-state index contributed by atoms with van der Waals surface area (Å²) >= 11 is 6.11. The highest BCUT2D eigenvalue weighted by Gasteiger charge is 2.25. The molecule has 2 nitrogen and oxygen atoms in total. The average Bonchev–Trinajstić information content (AvgIpc) is 2.90. The van der Waals surface area contributed by atoms with Crippen LogP contribution in [0.4, 0.5) is 5.69 Å². The van der Waals surface area contributed by atoms with Gasteiger partial charge in [-0.15, -0.1) is 11.6 Å². The largest absolute Gasteiger partial charge is 0.493 e. The summed E-state index contributed by atoms with van der Waals surface area (Å²) in [6, 6.07) is 10.6. The van der Waals surface area contributed by atoms with E-state index in [0.717, 1.165) is 31.7 Å². The minimum atomic E-state index is 0.390. The molecule has 1 N–H and O–H groups in total. The van der Waals surface area contributed by atoms with Gasteiger partial charge in [-0.05, 0) is 17.4 Å². The Morgan fingerprint density at radius 2 is 2.10 bits per heavy atom. The molecule has 3 rings (SSSR count). The number of anilines is 1. The number of halogens is 1. The number of ether oxygens (including phenoxy) is 1. The van der Waals surface area contributed by atoms with E-state index in [1.807, 2.05) is 0 Å². The lowest BCUT2D eigenvalue weighted by Gasteiger charge is -2.14. The normalized spacial score (nSPS) is 17.0. The van der Waals surface area contributed by atoms with Gasteiger partial charge in [0.15, 0.2) is 0 Å². The highest BCUT2D eigenvalue weighted by Crippen LogP contribution is 2.42. The first kappa shape index (κ1) is 13.6. The Bertz CT molecular complexity index is 611. The second-order valence-corrected chi connectivity index (χ2v) is 5.62. The van der Waals surface area contributed by atoms with Crippen molar-refractivity contribution in [2.75, 3.05) is 24.3 Å². The molecule has 0 saturated heterocycles. The van der Waals surface area contributed by atoms with Crippen LogP contribution in [0.2, 0.25) is 0 Å². The maximum atomic E-state index is 6.11. The molecule has 0 spiro atoms. The van der Waals surface area contributed by atoms with E-state index in [-0.39, 0.29) is 0 Å². The third-order valence-electron chi connectivity index (χ3n) is 3.94. The van der Waals surface area contributed by atoms with Crippen LogP contribution >= 0.6 is 11.6 Å². The topological polar surface area (TPSA) is 21.3 Å². The van der Waals surface area contributed by atoms with Crippen molar-refractivity contribution in [3.8, 4) is 5.75 Å². The minimum Gasteiger partial charge on any atom is -0.493 e. The van der Waals surface area contributed by atoms with Gasteiger partial charge in [-0.3, -0.25) is 0 Å². The maximum Gasteiger partial charge on any atom is 0.129 e. The third-order valence-corrected chi connectivity index (χ3v) is 4.31. The molecule has 0 bridgehead atoms. The number of benzene rings is 2. The quantitative estimate of drug-likeness (QED) is 0.632. The van der Waals surface area contributed by atoms with E-state index < -0.39 is 0 Å². The Morgan fingerprint density at radius 3 is 2.85 bits per heavy atom. The van der Waals surface area contributed by atoms with Crippen molar-refractivity contribution in [3.05, 3.63) is 35.9 Å². The zero-order valence-electron chi connectivity index (χ0n) is 11.8. The Balaban J connectivity index is 2.07. The Hall–Kier alpha value is -1.41. The van der Waals surface area contributed by atoms with Gasteiger partial charge < -0.3 is 10.1 Å². The molecule has 1 aliphatic heterocycles. The van der Waals surface area contributed by atoms with Crippen LogP contribution < -0.4 is 10.1 Å². The maximum absolute atomic E-state index is 6.11. The molecule has 106 valence electrons. The van der Waals surface area contributed by atoms with Gasteiger partial charge in [0, 0.05) is 35.5 Å². The van der Waals surface area contributed by atoms with Crippen molar-refractivity contribution >= 4 is 28.1 Å². The SMILES string of the molecule is CCCCOc1cc2c(c3ccccc13)[C@H](CCl)CN2. The van der Waals surface area contributed by atoms with Crippen LogP contribution in [0.5, 0.6) is 5.75 Å². The predicted molar refractivity (Wildman–Crippen MR) is 86.3 cm³/mol. The van der Waals surface area contributed by atoms with Crippen molar-refractivity contribution in [3.63, 3.8) is 0 Å². The number of rotatable bonds is 5. The lowest BCUT2D eigenvalue weighted by molar-refractivity contribution is 0.313. The lowest BCUT2D eigenvalue weighted by atomic mass is 9.95. The summed E-state index contributed by atoms with van der Waals surface area (Å²) in [6.07, 6.45) is 2.23. The van der Waals surface area contributed by atoms with Gasteiger partial charge >= 0.3 is 0 Å².